The number of unbranched alkanes of at least 4 members (excludes halogenated alkanes) is 23. The summed E-state index contributed by atoms with van der Waals surface area (Å²) < 4.78 is 22.6. The number of hydrogen-bond donors (Lipinski definition) is 9. The second-order valence-electron chi connectivity index (χ2n) is 17.2. The van der Waals surface area contributed by atoms with Gasteiger partial charge in [-0.3, -0.25) is 4.79 Å². The van der Waals surface area contributed by atoms with Crippen molar-refractivity contribution in [3.8, 4) is 0 Å². The molecule has 354 valence electrons. The third kappa shape index (κ3) is 21.9. The summed E-state index contributed by atoms with van der Waals surface area (Å²) in [4.78, 5) is 13.1. The quantitative estimate of drug-likeness (QED) is 0.0292. The van der Waals surface area contributed by atoms with Gasteiger partial charge in [-0.05, 0) is 19.3 Å². The second-order valence-corrected chi connectivity index (χ2v) is 17.2. The number of carbonyl (C=O) groups excluding carboxylic acids is 1. The highest BCUT2D eigenvalue weighted by atomic mass is 16.7. The molecule has 0 aromatic heterocycles. The average Bonchev–Trinajstić information content (AvgIpc) is 3.24. The minimum absolute atomic E-state index is 0.243. The molecule has 0 aromatic rings. The minimum Gasteiger partial charge on any atom is -0.394 e. The zero-order chi connectivity index (χ0) is 44.0. The number of carbonyl (C=O) groups is 1. The van der Waals surface area contributed by atoms with E-state index in [-0.39, 0.29) is 18.9 Å². The number of amides is 1. The van der Waals surface area contributed by atoms with Gasteiger partial charge in [0, 0.05) is 6.42 Å². The fourth-order valence-electron chi connectivity index (χ4n) is 8.00. The first-order valence-corrected chi connectivity index (χ1v) is 23.9. The van der Waals surface area contributed by atoms with Crippen LogP contribution in [0.1, 0.15) is 181 Å². The fourth-order valence-corrected chi connectivity index (χ4v) is 8.00. The van der Waals surface area contributed by atoms with Crippen LogP contribution in [0.15, 0.2) is 12.2 Å². The van der Waals surface area contributed by atoms with Gasteiger partial charge in [-0.25, -0.2) is 0 Å². The van der Waals surface area contributed by atoms with Crippen molar-refractivity contribution in [2.75, 3.05) is 19.8 Å². The van der Waals surface area contributed by atoms with E-state index in [1.165, 1.54) is 116 Å². The summed E-state index contributed by atoms with van der Waals surface area (Å²) >= 11 is 0. The van der Waals surface area contributed by atoms with Crippen molar-refractivity contribution < 1.29 is 64.6 Å². The van der Waals surface area contributed by atoms with Crippen LogP contribution in [0.25, 0.3) is 0 Å². The van der Waals surface area contributed by atoms with Crippen LogP contribution < -0.4 is 5.32 Å². The standard InChI is InChI=1S/C46H87NO13/c1-3-5-7-9-11-13-14-15-16-17-18-19-20-22-23-25-27-29-35(50)34(47-38(51)30-28-26-24-21-12-10-8-6-4-2)33-57-45-43(56)41(54)44(37(32-49)59-45)60-46-42(55)40(53)39(52)36(31-48)58-46/h27,29,34-37,39-46,48-50,52-56H,3-26,28,30-33H2,1-2H3,(H,47,51)/b29-27+/t34-,35+,36+,37+,39-,40?,41?,42?,43?,44+,45+,46-/m0/s1. The largest absolute Gasteiger partial charge is 0.394 e. The number of allylic oxidation sites excluding steroid dienone is 1. The molecule has 0 radical (unpaired) electrons. The number of nitrogens with one attached hydrogen (secondary N) is 1. The van der Waals surface area contributed by atoms with E-state index in [0.717, 1.165) is 38.5 Å². The summed E-state index contributed by atoms with van der Waals surface area (Å²) in [7, 11) is 0. The van der Waals surface area contributed by atoms with E-state index in [1.54, 1.807) is 6.08 Å². The van der Waals surface area contributed by atoms with E-state index >= 15 is 0 Å². The molecule has 0 aliphatic carbocycles. The maximum absolute atomic E-state index is 13.1. The third-order valence-electron chi connectivity index (χ3n) is 12.0. The molecule has 60 heavy (non-hydrogen) atoms. The van der Waals surface area contributed by atoms with Crippen molar-refractivity contribution in [1.29, 1.82) is 0 Å². The van der Waals surface area contributed by atoms with Crippen LogP contribution in [-0.2, 0) is 23.7 Å². The van der Waals surface area contributed by atoms with E-state index in [9.17, 15) is 45.6 Å². The van der Waals surface area contributed by atoms with Crippen LogP contribution in [0.3, 0.4) is 0 Å². The Morgan fingerprint density at radius 2 is 1.03 bits per heavy atom. The first kappa shape index (κ1) is 54.9. The van der Waals surface area contributed by atoms with Gasteiger partial charge in [0.1, 0.15) is 48.8 Å². The molecule has 1 amide bonds. The number of hydrogen-bond acceptors (Lipinski definition) is 13. The molecule has 2 heterocycles. The van der Waals surface area contributed by atoms with Gasteiger partial charge < -0.3 is 65.1 Å². The summed E-state index contributed by atoms with van der Waals surface area (Å²) in [5, 5.41) is 86.4. The highest BCUT2D eigenvalue weighted by Crippen LogP contribution is 2.30. The second kappa shape index (κ2) is 34.2. The molecule has 2 aliphatic heterocycles. The fraction of sp³-hybridized carbons (Fsp3) is 0.935. The van der Waals surface area contributed by atoms with Crippen LogP contribution in [-0.4, -0.2) is 140 Å². The molecule has 4 unspecified atom stereocenters. The molecule has 9 N–H and O–H groups in total. The Morgan fingerprint density at radius 1 is 0.583 bits per heavy atom. The summed E-state index contributed by atoms with van der Waals surface area (Å²) in [6.07, 6.45) is 16.9. The number of aliphatic hydroxyl groups is 8. The van der Waals surface area contributed by atoms with E-state index in [1.807, 2.05) is 6.08 Å². The van der Waals surface area contributed by atoms with E-state index in [2.05, 4.69) is 19.2 Å². The number of aliphatic hydroxyl groups excluding tert-OH is 8. The Labute approximate surface area is 361 Å². The van der Waals surface area contributed by atoms with Gasteiger partial charge in [0.25, 0.3) is 0 Å². The van der Waals surface area contributed by atoms with E-state index in [0.29, 0.717) is 6.42 Å². The van der Waals surface area contributed by atoms with Crippen LogP contribution >= 0.6 is 0 Å². The monoisotopic (exact) mass is 862 g/mol. The lowest BCUT2D eigenvalue weighted by Crippen LogP contribution is -2.65. The highest BCUT2D eigenvalue weighted by Gasteiger charge is 2.51. The molecular weight excluding hydrogens is 774 g/mol. The maximum atomic E-state index is 13.1. The third-order valence-corrected chi connectivity index (χ3v) is 12.0. The minimum atomic E-state index is -1.78. The summed E-state index contributed by atoms with van der Waals surface area (Å²) in [5.41, 5.74) is 0. The SMILES string of the molecule is CCCCCCCCCCCCCCCCC/C=C/[C@@H](O)[C@H](CO[C@@H]1O[C@H](CO)[C@@H](O[C@@H]2O[C@H](CO)[C@H](O)C(O)C2O)C(O)C1O)NC(=O)CCCCCCCCCCC. The summed E-state index contributed by atoms with van der Waals surface area (Å²) in [5.74, 6) is -0.243. The van der Waals surface area contributed by atoms with Gasteiger partial charge in [0.05, 0.1) is 32.0 Å². The van der Waals surface area contributed by atoms with Crippen molar-refractivity contribution in [3.05, 3.63) is 12.2 Å². The highest BCUT2D eigenvalue weighted by molar-refractivity contribution is 5.76. The predicted octanol–water partition coefficient (Wildman–Crippen LogP) is 5.21. The molecule has 2 fully saturated rings. The Hall–Kier alpha value is -1.27. The predicted molar refractivity (Wildman–Crippen MR) is 231 cm³/mol. The first-order valence-electron chi connectivity index (χ1n) is 23.9. The van der Waals surface area contributed by atoms with Crippen LogP contribution in [0.2, 0.25) is 0 Å². The molecule has 12 atom stereocenters. The Balaban J connectivity index is 1.86. The molecule has 0 saturated carbocycles. The summed E-state index contributed by atoms with van der Waals surface area (Å²) in [6.45, 7) is 2.75. The molecule has 0 bridgehead atoms. The van der Waals surface area contributed by atoms with Gasteiger partial charge in [-0.15, -0.1) is 0 Å². The molecule has 14 nitrogen and oxygen atoms in total. The van der Waals surface area contributed by atoms with Gasteiger partial charge in [0.2, 0.25) is 5.91 Å². The molecular formula is C46H87NO13. The molecule has 0 spiro atoms. The molecule has 2 saturated heterocycles. The maximum Gasteiger partial charge on any atom is 0.220 e. The van der Waals surface area contributed by atoms with Gasteiger partial charge in [0.15, 0.2) is 12.6 Å². The van der Waals surface area contributed by atoms with Crippen molar-refractivity contribution in [1.82, 2.24) is 5.32 Å². The van der Waals surface area contributed by atoms with Crippen molar-refractivity contribution in [2.45, 2.75) is 254 Å². The zero-order valence-electron chi connectivity index (χ0n) is 37.2. The molecule has 0 aromatic carbocycles. The summed E-state index contributed by atoms with van der Waals surface area (Å²) in [6, 6.07) is -0.906. The lowest BCUT2D eigenvalue weighted by atomic mass is 9.97. The van der Waals surface area contributed by atoms with E-state index < -0.39 is 86.8 Å². The Kier molecular flexibility index (Phi) is 31.3. The van der Waals surface area contributed by atoms with Gasteiger partial charge >= 0.3 is 0 Å². The Morgan fingerprint density at radius 3 is 1.53 bits per heavy atom. The molecule has 2 aliphatic rings. The lowest BCUT2D eigenvalue weighted by Gasteiger charge is -2.46. The van der Waals surface area contributed by atoms with Gasteiger partial charge in [-0.2, -0.15) is 0 Å². The molecule has 14 heteroatoms. The normalized spacial score (nSPS) is 28.3. The average molecular weight is 862 g/mol. The van der Waals surface area contributed by atoms with Crippen LogP contribution in [0, 0.1) is 0 Å². The molecule has 2 rings (SSSR count). The number of ether oxygens (including phenoxy) is 4. The topological polar surface area (TPSA) is 228 Å². The number of rotatable bonds is 36. The van der Waals surface area contributed by atoms with Crippen LogP contribution in [0.5, 0.6) is 0 Å². The van der Waals surface area contributed by atoms with Gasteiger partial charge in [-0.1, -0.05) is 167 Å². The first-order chi connectivity index (χ1) is 29.1. The Bertz CT molecular complexity index is 1070. The van der Waals surface area contributed by atoms with E-state index in [4.69, 9.17) is 18.9 Å². The smallest absolute Gasteiger partial charge is 0.220 e. The van der Waals surface area contributed by atoms with Crippen LogP contribution in [0.4, 0.5) is 0 Å². The zero-order valence-corrected chi connectivity index (χ0v) is 37.2. The lowest BCUT2D eigenvalue weighted by molar-refractivity contribution is -0.359. The van der Waals surface area contributed by atoms with Crippen molar-refractivity contribution >= 4 is 5.91 Å². The van der Waals surface area contributed by atoms with Crippen molar-refractivity contribution in [2.24, 2.45) is 0 Å². The van der Waals surface area contributed by atoms with Crippen molar-refractivity contribution in [3.63, 3.8) is 0 Å².